The Hall–Kier alpha value is -2.89. The molecule has 0 saturated carbocycles. The molecule has 0 aliphatic rings. The highest BCUT2D eigenvalue weighted by atomic mass is 16.6. The number of ether oxygens (including phenoxy) is 3. The quantitative estimate of drug-likeness (QED) is 0.0261. The Balaban J connectivity index is 3.99. The van der Waals surface area contributed by atoms with E-state index in [1.54, 1.807) is 0 Å². The molecule has 0 saturated heterocycles. The Morgan fingerprint density at radius 2 is 0.493 bits per heavy atom. The number of carbonyl (C=O) groups excluding carboxylic acids is 3. The van der Waals surface area contributed by atoms with Crippen LogP contribution >= 0.6 is 0 Å². The number of esters is 3. The van der Waals surface area contributed by atoms with Crippen LogP contribution in [-0.4, -0.2) is 37.2 Å². The first-order valence-electron chi connectivity index (χ1n) is 31.8. The summed E-state index contributed by atoms with van der Waals surface area (Å²) in [5.74, 6) is -0.884. The Morgan fingerprint density at radius 1 is 0.274 bits per heavy atom. The zero-order valence-corrected chi connectivity index (χ0v) is 48.7. The van der Waals surface area contributed by atoms with Crippen LogP contribution < -0.4 is 0 Å². The van der Waals surface area contributed by atoms with Gasteiger partial charge >= 0.3 is 17.9 Å². The van der Waals surface area contributed by atoms with E-state index < -0.39 is 6.10 Å². The summed E-state index contributed by atoms with van der Waals surface area (Å²) in [6.07, 6.45) is 78.4. The lowest BCUT2D eigenvalue weighted by Crippen LogP contribution is -2.30. The maximum atomic E-state index is 12.8. The topological polar surface area (TPSA) is 78.9 Å². The van der Waals surface area contributed by atoms with Crippen LogP contribution in [0.2, 0.25) is 0 Å². The first-order chi connectivity index (χ1) is 36.0. The van der Waals surface area contributed by atoms with E-state index in [9.17, 15) is 14.4 Å². The number of hydrogen-bond acceptors (Lipinski definition) is 6. The molecule has 0 aromatic carbocycles. The number of allylic oxidation sites excluding steroid dienone is 10. The number of carbonyl (C=O) groups is 3. The Labute approximate surface area is 453 Å². The third-order valence-electron chi connectivity index (χ3n) is 14.0. The molecule has 0 rings (SSSR count). The predicted octanol–water partition coefficient (Wildman–Crippen LogP) is 21.6. The second-order valence-corrected chi connectivity index (χ2v) is 21.3. The highest BCUT2D eigenvalue weighted by Gasteiger charge is 2.19. The normalized spacial score (nSPS) is 12.4. The van der Waals surface area contributed by atoms with Gasteiger partial charge in [0.15, 0.2) is 6.10 Å². The van der Waals surface area contributed by atoms with Gasteiger partial charge in [-0.2, -0.15) is 0 Å². The molecule has 0 aliphatic heterocycles. The predicted molar refractivity (Wildman–Crippen MR) is 316 cm³/mol. The molecule has 0 aromatic rings. The molecule has 424 valence electrons. The SMILES string of the molecule is CCCCC/C=C\C/C=C\CCCCCCCC(=O)OC(COC(=O)CCCCCCCCC)COC(=O)CCCCCCCCCCCCCCCCCCCC/C=C\C/C=C\C/C=C\CCCCCCC. The average molecular weight is 1020 g/mol. The third-order valence-corrected chi connectivity index (χ3v) is 14.0. The van der Waals surface area contributed by atoms with Crippen molar-refractivity contribution >= 4 is 17.9 Å². The van der Waals surface area contributed by atoms with E-state index in [1.165, 1.54) is 193 Å². The zero-order chi connectivity index (χ0) is 52.9. The molecule has 0 fully saturated rings. The highest BCUT2D eigenvalue weighted by Crippen LogP contribution is 2.17. The van der Waals surface area contributed by atoms with Crippen molar-refractivity contribution in [2.45, 2.75) is 335 Å². The van der Waals surface area contributed by atoms with E-state index in [4.69, 9.17) is 14.2 Å². The Bertz CT molecular complexity index is 1310. The van der Waals surface area contributed by atoms with Gasteiger partial charge in [0.25, 0.3) is 0 Å². The van der Waals surface area contributed by atoms with E-state index in [2.05, 4.69) is 81.5 Å². The second kappa shape index (κ2) is 61.7. The Kier molecular flexibility index (Phi) is 59.2. The maximum Gasteiger partial charge on any atom is 0.306 e. The van der Waals surface area contributed by atoms with Crippen molar-refractivity contribution < 1.29 is 28.6 Å². The van der Waals surface area contributed by atoms with Gasteiger partial charge in [0.05, 0.1) is 0 Å². The van der Waals surface area contributed by atoms with Gasteiger partial charge in [-0.05, 0) is 89.9 Å². The van der Waals surface area contributed by atoms with Crippen molar-refractivity contribution in [2.75, 3.05) is 13.2 Å². The molecule has 0 aromatic heterocycles. The van der Waals surface area contributed by atoms with E-state index in [0.717, 1.165) is 96.3 Å². The van der Waals surface area contributed by atoms with Gasteiger partial charge in [0.2, 0.25) is 0 Å². The highest BCUT2D eigenvalue weighted by molar-refractivity contribution is 5.71. The molecule has 0 amide bonds. The minimum Gasteiger partial charge on any atom is -0.462 e. The molecule has 0 aliphatic carbocycles. The molecule has 0 N–H and O–H groups in total. The van der Waals surface area contributed by atoms with Crippen LogP contribution in [0.25, 0.3) is 0 Å². The van der Waals surface area contributed by atoms with Crippen molar-refractivity contribution in [3.63, 3.8) is 0 Å². The average Bonchev–Trinajstić information content (AvgIpc) is 3.39. The van der Waals surface area contributed by atoms with Gasteiger partial charge in [-0.25, -0.2) is 0 Å². The summed E-state index contributed by atoms with van der Waals surface area (Å²) >= 11 is 0. The summed E-state index contributed by atoms with van der Waals surface area (Å²) in [6.45, 7) is 6.58. The molecule has 6 nitrogen and oxygen atoms in total. The molecule has 0 bridgehead atoms. The zero-order valence-electron chi connectivity index (χ0n) is 48.7. The van der Waals surface area contributed by atoms with Crippen LogP contribution in [0, 0.1) is 0 Å². The van der Waals surface area contributed by atoms with Gasteiger partial charge in [0.1, 0.15) is 13.2 Å². The molecule has 73 heavy (non-hydrogen) atoms. The number of unbranched alkanes of at least 4 members (excludes halogenated alkanes) is 37. The van der Waals surface area contributed by atoms with Crippen molar-refractivity contribution in [1.82, 2.24) is 0 Å². The van der Waals surface area contributed by atoms with Crippen LogP contribution in [0.1, 0.15) is 329 Å². The van der Waals surface area contributed by atoms with Crippen LogP contribution in [0.15, 0.2) is 60.8 Å². The molecule has 0 spiro atoms. The standard InChI is InChI=1S/C67H120O6/c1-4-7-10-13-16-18-20-22-24-25-26-27-28-29-30-31-32-33-34-35-36-37-38-39-40-41-43-44-46-48-51-54-57-60-66(69)72-63-64(62-71-65(68)59-56-53-50-15-12-9-6-3)73-67(70)61-58-55-52-49-47-45-42-23-21-19-17-14-11-8-5-2/h17,19-20,22-23,25-26,28-29,42,64H,4-16,18,21,24,27,30-41,43-63H2,1-3H3/b19-17-,22-20-,26-25-,29-28-,42-23-. The monoisotopic (exact) mass is 1020 g/mol. The van der Waals surface area contributed by atoms with Crippen LogP contribution in [0.4, 0.5) is 0 Å². The lowest BCUT2D eigenvalue weighted by Gasteiger charge is -2.18. The smallest absolute Gasteiger partial charge is 0.306 e. The summed E-state index contributed by atoms with van der Waals surface area (Å²) in [5, 5.41) is 0. The first-order valence-corrected chi connectivity index (χ1v) is 31.8. The van der Waals surface area contributed by atoms with E-state index >= 15 is 0 Å². The summed E-state index contributed by atoms with van der Waals surface area (Å²) in [5.41, 5.74) is 0. The van der Waals surface area contributed by atoms with E-state index in [0.29, 0.717) is 19.3 Å². The summed E-state index contributed by atoms with van der Waals surface area (Å²) in [4.78, 5) is 38.0. The summed E-state index contributed by atoms with van der Waals surface area (Å²) < 4.78 is 16.8. The number of hydrogen-bond donors (Lipinski definition) is 0. The van der Waals surface area contributed by atoms with Gasteiger partial charge < -0.3 is 14.2 Å². The van der Waals surface area contributed by atoms with Crippen molar-refractivity contribution in [1.29, 1.82) is 0 Å². The molecule has 6 heteroatoms. The molecular formula is C67H120O6. The van der Waals surface area contributed by atoms with E-state index in [-0.39, 0.29) is 31.1 Å². The lowest BCUT2D eigenvalue weighted by atomic mass is 10.0. The van der Waals surface area contributed by atoms with Gasteiger partial charge in [-0.1, -0.05) is 281 Å². The van der Waals surface area contributed by atoms with Gasteiger partial charge in [0, 0.05) is 19.3 Å². The summed E-state index contributed by atoms with van der Waals surface area (Å²) in [6, 6.07) is 0. The fraction of sp³-hybridized carbons (Fsp3) is 0.806. The molecule has 0 heterocycles. The minimum absolute atomic E-state index is 0.0764. The van der Waals surface area contributed by atoms with Crippen molar-refractivity contribution in [3.8, 4) is 0 Å². The fourth-order valence-electron chi connectivity index (χ4n) is 9.19. The maximum absolute atomic E-state index is 12.8. The third kappa shape index (κ3) is 59.9. The number of rotatable bonds is 58. The molecular weight excluding hydrogens is 901 g/mol. The second-order valence-electron chi connectivity index (χ2n) is 21.3. The minimum atomic E-state index is -0.776. The van der Waals surface area contributed by atoms with Crippen molar-refractivity contribution in [3.05, 3.63) is 60.8 Å². The summed E-state index contributed by atoms with van der Waals surface area (Å²) in [7, 11) is 0. The van der Waals surface area contributed by atoms with Crippen LogP contribution in [-0.2, 0) is 28.6 Å². The molecule has 0 radical (unpaired) electrons. The largest absolute Gasteiger partial charge is 0.462 e. The Morgan fingerprint density at radius 3 is 0.795 bits per heavy atom. The fourth-order valence-corrected chi connectivity index (χ4v) is 9.19. The van der Waals surface area contributed by atoms with Gasteiger partial charge in [-0.15, -0.1) is 0 Å². The lowest BCUT2D eigenvalue weighted by molar-refractivity contribution is -0.167. The van der Waals surface area contributed by atoms with Gasteiger partial charge in [-0.3, -0.25) is 14.4 Å². The molecule has 1 unspecified atom stereocenters. The van der Waals surface area contributed by atoms with Crippen molar-refractivity contribution in [2.24, 2.45) is 0 Å². The van der Waals surface area contributed by atoms with E-state index in [1.807, 2.05) is 0 Å². The van der Waals surface area contributed by atoms with Crippen LogP contribution in [0.3, 0.4) is 0 Å². The van der Waals surface area contributed by atoms with Crippen LogP contribution in [0.5, 0.6) is 0 Å². The molecule has 1 atom stereocenters. The first kappa shape index (κ1) is 70.1.